The second-order valence-corrected chi connectivity index (χ2v) is 5.97. The summed E-state index contributed by atoms with van der Waals surface area (Å²) >= 11 is 0. The van der Waals surface area contributed by atoms with Gasteiger partial charge in [-0.3, -0.25) is 9.89 Å². The molecule has 0 aromatic heterocycles. The van der Waals surface area contributed by atoms with Crippen molar-refractivity contribution in [1.82, 2.24) is 15.5 Å². The van der Waals surface area contributed by atoms with Gasteiger partial charge < -0.3 is 15.4 Å². The van der Waals surface area contributed by atoms with Crippen LogP contribution in [0.1, 0.15) is 23.6 Å². The lowest BCUT2D eigenvalue weighted by Gasteiger charge is -2.35. The maximum atomic E-state index is 5.51. The van der Waals surface area contributed by atoms with Crippen LogP contribution in [-0.4, -0.2) is 56.8 Å². The van der Waals surface area contributed by atoms with Gasteiger partial charge in [-0.05, 0) is 18.9 Å². The van der Waals surface area contributed by atoms with E-state index in [4.69, 9.17) is 4.74 Å². The monoisotopic (exact) mass is 430 g/mol. The number of guanidine groups is 1. The van der Waals surface area contributed by atoms with Gasteiger partial charge in [0.25, 0.3) is 0 Å². The van der Waals surface area contributed by atoms with E-state index in [1.807, 2.05) is 0 Å². The van der Waals surface area contributed by atoms with Gasteiger partial charge in [0.05, 0.1) is 19.3 Å². The van der Waals surface area contributed by atoms with Gasteiger partial charge in [0.15, 0.2) is 5.96 Å². The molecule has 0 spiro atoms. The summed E-state index contributed by atoms with van der Waals surface area (Å²) in [6.45, 7) is 8.57. The molecule has 0 amide bonds. The van der Waals surface area contributed by atoms with Gasteiger partial charge in [-0.25, -0.2) is 0 Å². The van der Waals surface area contributed by atoms with Crippen LogP contribution in [0.4, 0.5) is 0 Å². The molecule has 2 aliphatic rings. The summed E-state index contributed by atoms with van der Waals surface area (Å²) in [4.78, 5) is 7.02. The fourth-order valence-electron chi connectivity index (χ4n) is 3.07. The summed E-state index contributed by atoms with van der Waals surface area (Å²) < 4.78 is 5.51. The smallest absolute Gasteiger partial charge is 0.191 e. The van der Waals surface area contributed by atoms with E-state index < -0.39 is 0 Å². The molecule has 1 unspecified atom stereocenters. The molecule has 2 aliphatic heterocycles. The third kappa shape index (κ3) is 5.32. The van der Waals surface area contributed by atoms with Crippen LogP contribution in [0.5, 0.6) is 0 Å². The number of rotatable bonds is 4. The minimum atomic E-state index is 0. The van der Waals surface area contributed by atoms with Crippen LogP contribution in [0.3, 0.4) is 0 Å². The van der Waals surface area contributed by atoms with Crippen molar-refractivity contribution in [3.63, 3.8) is 0 Å². The molecule has 23 heavy (non-hydrogen) atoms. The van der Waals surface area contributed by atoms with Crippen molar-refractivity contribution >= 4 is 29.9 Å². The fraction of sp³-hybridized carbons (Fsp3) is 0.588. The zero-order chi connectivity index (χ0) is 15.2. The van der Waals surface area contributed by atoms with Crippen LogP contribution in [0.25, 0.3) is 0 Å². The second kappa shape index (κ2) is 9.44. The third-order valence-corrected chi connectivity index (χ3v) is 4.27. The van der Waals surface area contributed by atoms with E-state index in [1.165, 1.54) is 11.1 Å². The van der Waals surface area contributed by atoms with Crippen molar-refractivity contribution in [2.75, 3.05) is 45.9 Å². The Hall–Kier alpha value is -0.860. The summed E-state index contributed by atoms with van der Waals surface area (Å²) in [6.07, 6.45) is 1.12. The first-order chi connectivity index (χ1) is 10.8. The highest BCUT2D eigenvalue weighted by molar-refractivity contribution is 14.0. The fourth-order valence-corrected chi connectivity index (χ4v) is 3.07. The Bertz CT molecular complexity index is 517. The number of hydrogen-bond acceptors (Lipinski definition) is 5. The SMILES string of the molecule is Cc1cccc(C(CNC2=NCCCN2)N2CCOCC2)c1.I. The van der Waals surface area contributed by atoms with Gasteiger partial charge >= 0.3 is 0 Å². The van der Waals surface area contributed by atoms with Crippen molar-refractivity contribution in [3.8, 4) is 0 Å². The number of hydrogen-bond donors (Lipinski definition) is 2. The molecule has 1 aromatic carbocycles. The number of halogens is 1. The molecule has 2 N–H and O–H groups in total. The quantitative estimate of drug-likeness (QED) is 0.717. The zero-order valence-electron chi connectivity index (χ0n) is 13.8. The van der Waals surface area contributed by atoms with Crippen LogP contribution in [0.15, 0.2) is 29.3 Å². The molecule has 6 heteroatoms. The molecule has 0 radical (unpaired) electrons. The van der Waals surface area contributed by atoms with Gasteiger partial charge in [0.1, 0.15) is 0 Å². The number of ether oxygens (including phenoxy) is 1. The summed E-state index contributed by atoms with van der Waals surface area (Å²) in [5.41, 5.74) is 2.68. The lowest BCUT2D eigenvalue weighted by molar-refractivity contribution is 0.0170. The normalized spacial score (nSPS) is 20.0. The molecule has 0 saturated carbocycles. The average Bonchev–Trinajstić information content (AvgIpc) is 2.57. The third-order valence-electron chi connectivity index (χ3n) is 4.27. The number of aryl methyl sites for hydroxylation is 1. The average molecular weight is 430 g/mol. The summed E-state index contributed by atoms with van der Waals surface area (Å²) in [6, 6.07) is 9.17. The zero-order valence-corrected chi connectivity index (χ0v) is 16.1. The predicted molar refractivity (Wildman–Crippen MR) is 105 cm³/mol. The van der Waals surface area contributed by atoms with Crippen molar-refractivity contribution in [1.29, 1.82) is 0 Å². The van der Waals surface area contributed by atoms with Crippen LogP contribution in [0.2, 0.25) is 0 Å². The molecule has 1 saturated heterocycles. The molecule has 3 rings (SSSR count). The highest BCUT2D eigenvalue weighted by Gasteiger charge is 2.23. The Morgan fingerprint density at radius 2 is 2.17 bits per heavy atom. The largest absolute Gasteiger partial charge is 0.379 e. The molecule has 0 aliphatic carbocycles. The van der Waals surface area contributed by atoms with E-state index in [9.17, 15) is 0 Å². The van der Waals surface area contributed by atoms with Crippen molar-refractivity contribution in [2.24, 2.45) is 4.99 Å². The molecule has 1 aromatic rings. The highest BCUT2D eigenvalue weighted by atomic mass is 127. The summed E-state index contributed by atoms with van der Waals surface area (Å²) in [7, 11) is 0. The Morgan fingerprint density at radius 3 is 2.87 bits per heavy atom. The first-order valence-electron chi connectivity index (χ1n) is 8.23. The standard InChI is InChI=1S/C17H26N4O.HI/c1-14-4-2-5-15(12-14)16(21-8-10-22-11-9-21)13-20-17-18-6-3-7-19-17;/h2,4-5,12,16H,3,6-11,13H2,1H3,(H2,18,19,20);1H. The van der Waals surface area contributed by atoms with Crippen LogP contribution >= 0.6 is 24.0 Å². The first-order valence-corrected chi connectivity index (χ1v) is 8.23. The number of nitrogens with zero attached hydrogens (tertiary/aromatic N) is 2. The predicted octanol–water partition coefficient (Wildman–Crippen LogP) is 1.93. The Labute approximate surface area is 155 Å². The Morgan fingerprint density at radius 1 is 1.35 bits per heavy atom. The molecule has 128 valence electrons. The molecule has 0 bridgehead atoms. The lowest BCUT2D eigenvalue weighted by Crippen LogP contribution is -2.47. The van der Waals surface area contributed by atoms with E-state index >= 15 is 0 Å². The van der Waals surface area contributed by atoms with Crippen LogP contribution < -0.4 is 10.6 Å². The van der Waals surface area contributed by atoms with Crippen LogP contribution in [-0.2, 0) is 4.74 Å². The van der Waals surface area contributed by atoms with Crippen molar-refractivity contribution in [2.45, 2.75) is 19.4 Å². The van der Waals surface area contributed by atoms with E-state index in [1.54, 1.807) is 0 Å². The number of morpholine rings is 1. The maximum Gasteiger partial charge on any atom is 0.191 e. The Kier molecular flexibility index (Phi) is 7.58. The number of nitrogens with one attached hydrogen (secondary N) is 2. The second-order valence-electron chi connectivity index (χ2n) is 5.97. The molecular formula is C17H27IN4O. The van der Waals surface area contributed by atoms with E-state index in [-0.39, 0.29) is 24.0 Å². The Balaban J connectivity index is 0.00000192. The topological polar surface area (TPSA) is 48.9 Å². The van der Waals surface area contributed by atoms with E-state index in [2.05, 4.69) is 51.7 Å². The number of aliphatic imine (C=N–C) groups is 1. The summed E-state index contributed by atoms with van der Waals surface area (Å²) in [5.74, 6) is 0.942. The minimum Gasteiger partial charge on any atom is -0.379 e. The summed E-state index contributed by atoms with van der Waals surface area (Å²) in [5, 5.41) is 6.83. The van der Waals surface area contributed by atoms with Gasteiger partial charge in [-0.1, -0.05) is 29.8 Å². The van der Waals surface area contributed by atoms with Gasteiger partial charge in [-0.15, -0.1) is 24.0 Å². The van der Waals surface area contributed by atoms with Crippen LogP contribution in [0, 0.1) is 6.92 Å². The van der Waals surface area contributed by atoms with Crippen molar-refractivity contribution in [3.05, 3.63) is 35.4 Å². The molecule has 2 heterocycles. The first kappa shape index (κ1) is 18.5. The van der Waals surface area contributed by atoms with E-state index in [0.717, 1.165) is 58.3 Å². The van der Waals surface area contributed by atoms with Crippen molar-refractivity contribution < 1.29 is 4.74 Å². The molecule has 5 nitrogen and oxygen atoms in total. The minimum absolute atomic E-state index is 0. The lowest BCUT2D eigenvalue weighted by atomic mass is 10.0. The molecular weight excluding hydrogens is 403 g/mol. The van der Waals surface area contributed by atoms with Gasteiger partial charge in [-0.2, -0.15) is 0 Å². The number of benzene rings is 1. The molecule has 1 fully saturated rings. The highest BCUT2D eigenvalue weighted by Crippen LogP contribution is 2.22. The van der Waals surface area contributed by atoms with Gasteiger partial charge in [0, 0.05) is 32.7 Å². The van der Waals surface area contributed by atoms with Gasteiger partial charge in [0.2, 0.25) is 0 Å². The van der Waals surface area contributed by atoms with E-state index in [0.29, 0.717) is 6.04 Å². The maximum absolute atomic E-state index is 5.51. The molecule has 1 atom stereocenters.